The third-order valence-electron chi connectivity index (χ3n) is 7.38. The van der Waals surface area contributed by atoms with Gasteiger partial charge in [0.25, 0.3) is 0 Å². The monoisotopic (exact) mass is 587 g/mol. The molecule has 0 aliphatic carbocycles. The van der Waals surface area contributed by atoms with Crippen LogP contribution in [-0.4, -0.2) is 179 Å². The zero-order valence-electron chi connectivity index (χ0n) is 22.4. The molecule has 12 N–H and O–H groups in total. The topological polar surface area (TPSA) is 303 Å². The Balaban J connectivity index is 2.09. The van der Waals surface area contributed by atoms with Crippen molar-refractivity contribution >= 4 is 11.8 Å². The van der Waals surface area contributed by atoms with Crippen LogP contribution in [0.25, 0.3) is 0 Å². The molecular weight excluding hydrogens is 548 g/mol. The van der Waals surface area contributed by atoms with E-state index < -0.39 is 130 Å². The summed E-state index contributed by atoms with van der Waals surface area (Å²) in [6.45, 7) is -3.02. The summed E-state index contributed by atoms with van der Waals surface area (Å²) < 4.78 is 29.5. The van der Waals surface area contributed by atoms with E-state index in [1.54, 1.807) is 0 Å². The van der Waals surface area contributed by atoms with Crippen molar-refractivity contribution in [1.29, 1.82) is 0 Å². The average Bonchev–Trinajstić information content (AvgIpc) is 2.94. The van der Waals surface area contributed by atoms with Crippen LogP contribution in [0.1, 0.15) is 15.2 Å². The van der Waals surface area contributed by atoms with E-state index in [2.05, 4.69) is 0 Å². The third kappa shape index (κ3) is 5.76. The SMILES string of the molecule is [2H]CC(=O)N(C(C)=O)[C@@H]1[C@@H](O)[C@H](O[C@@H]2O[C@H](CO)[C@H](O)[C@H](O)[C@H]2O)[C@@H](CO)OC1(O)C1O[C@H](CO)[C@@H](O)[C@H](O)[C@H]1N. The van der Waals surface area contributed by atoms with Gasteiger partial charge in [0.15, 0.2) is 6.29 Å². The lowest BCUT2D eigenvalue weighted by Gasteiger charge is -2.57. The number of nitrogens with zero attached hydrogens (tertiary/aromatic N) is 1. The van der Waals surface area contributed by atoms with Crippen molar-refractivity contribution in [2.24, 2.45) is 5.73 Å². The minimum atomic E-state index is -3.09. The molecule has 18 heteroatoms. The number of hydrogen-bond donors (Lipinski definition) is 11. The maximum absolute atomic E-state index is 12.7. The maximum Gasteiger partial charge on any atom is 0.226 e. The van der Waals surface area contributed by atoms with Gasteiger partial charge in [-0.2, -0.15) is 0 Å². The van der Waals surface area contributed by atoms with E-state index in [1.165, 1.54) is 0 Å². The molecule has 40 heavy (non-hydrogen) atoms. The molecular formula is C22H38N2O16. The molecule has 0 bridgehead atoms. The van der Waals surface area contributed by atoms with Crippen LogP contribution in [0.5, 0.6) is 0 Å². The van der Waals surface area contributed by atoms with Crippen LogP contribution in [0.15, 0.2) is 0 Å². The number of aliphatic hydroxyl groups is 10. The minimum absolute atomic E-state index is 0.246. The molecule has 18 nitrogen and oxygen atoms in total. The molecule has 3 fully saturated rings. The smallest absolute Gasteiger partial charge is 0.226 e. The Kier molecular flexibility index (Phi) is 10.1. The Labute approximate surface area is 229 Å². The van der Waals surface area contributed by atoms with Gasteiger partial charge in [0.1, 0.15) is 73.2 Å². The van der Waals surface area contributed by atoms with Gasteiger partial charge in [0.05, 0.1) is 25.9 Å². The molecule has 3 rings (SSSR count). The fourth-order valence-corrected chi connectivity index (χ4v) is 5.28. The van der Waals surface area contributed by atoms with Crippen LogP contribution in [0.2, 0.25) is 0 Å². The number of carbonyl (C=O) groups excluding carboxylic acids is 2. The molecule has 2 unspecified atom stereocenters. The van der Waals surface area contributed by atoms with Gasteiger partial charge in [-0.3, -0.25) is 14.5 Å². The van der Waals surface area contributed by atoms with Gasteiger partial charge in [-0.05, 0) is 0 Å². The van der Waals surface area contributed by atoms with E-state index in [1.807, 2.05) is 0 Å². The molecule has 0 aromatic heterocycles. The highest BCUT2D eigenvalue weighted by Gasteiger charge is 2.65. The van der Waals surface area contributed by atoms with E-state index in [-0.39, 0.29) is 4.90 Å². The first-order valence-electron chi connectivity index (χ1n) is 13.1. The zero-order valence-corrected chi connectivity index (χ0v) is 21.4. The second kappa shape index (κ2) is 12.8. The van der Waals surface area contributed by atoms with Crippen molar-refractivity contribution < 1.29 is 81.0 Å². The Bertz CT molecular complexity index is 917. The molecule has 0 spiro atoms. The maximum atomic E-state index is 12.7. The Morgan fingerprint density at radius 2 is 1.40 bits per heavy atom. The molecule has 0 saturated carbocycles. The standard InChI is InChI=1S/C22H38N2O16/c1-6(28)24(7(2)29)19-17(35)18(39-21-16(34)15(33)13(31)9(4-26)38-21)10(5-27)40-22(19,36)20-11(23)14(32)12(30)8(3-25)37-20/h8-21,25-27,30-36H,3-5,23H2,1-2H3/t8-,9-,10-,11-,12-,13+,14-,15+,16-,17+,18-,19-,20?,21+,22?/m1/s1/i1D. The van der Waals surface area contributed by atoms with Gasteiger partial charge in [-0.15, -0.1) is 0 Å². The first-order chi connectivity index (χ1) is 19.2. The van der Waals surface area contributed by atoms with E-state index in [0.29, 0.717) is 0 Å². The quantitative estimate of drug-likeness (QED) is 0.132. The van der Waals surface area contributed by atoms with Crippen LogP contribution < -0.4 is 5.73 Å². The number of carbonyl (C=O) groups is 2. The number of aliphatic hydroxyl groups excluding tert-OH is 9. The highest BCUT2D eigenvalue weighted by atomic mass is 16.7. The van der Waals surface area contributed by atoms with Crippen molar-refractivity contribution in [1.82, 2.24) is 4.90 Å². The summed E-state index contributed by atoms with van der Waals surface area (Å²) in [6.07, 6.45) is -22.2. The molecule has 232 valence electrons. The molecule has 3 heterocycles. The second-order valence-electron chi connectivity index (χ2n) is 9.94. The van der Waals surface area contributed by atoms with Crippen molar-refractivity contribution in [3.63, 3.8) is 0 Å². The summed E-state index contributed by atoms with van der Waals surface area (Å²) in [5, 5.41) is 104. The van der Waals surface area contributed by atoms with Gasteiger partial charge in [0.2, 0.25) is 17.6 Å². The summed E-state index contributed by atoms with van der Waals surface area (Å²) in [7, 11) is 0. The highest BCUT2D eigenvalue weighted by Crippen LogP contribution is 2.41. The zero-order chi connectivity index (χ0) is 31.0. The number of ether oxygens (including phenoxy) is 4. The molecule has 0 aromatic rings. The summed E-state index contributed by atoms with van der Waals surface area (Å²) in [5.74, 6) is -5.47. The number of nitrogens with two attached hydrogens (primary N) is 1. The lowest BCUT2D eigenvalue weighted by atomic mass is 9.80. The van der Waals surface area contributed by atoms with Gasteiger partial charge in [-0.25, -0.2) is 0 Å². The first-order valence-corrected chi connectivity index (χ1v) is 12.3. The number of imide groups is 1. The predicted molar refractivity (Wildman–Crippen MR) is 124 cm³/mol. The normalized spacial score (nSPS) is 48.4. The molecule has 3 aliphatic rings. The Hall–Kier alpha value is -1.46. The Morgan fingerprint density at radius 1 is 0.850 bits per heavy atom. The number of hydrogen-bond acceptors (Lipinski definition) is 17. The van der Waals surface area contributed by atoms with E-state index >= 15 is 0 Å². The largest absolute Gasteiger partial charge is 0.394 e. The lowest BCUT2D eigenvalue weighted by molar-refractivity contribution is -0.400. The summed E-state index contributed by atoms with van der Waals surface area (Å²) in [4.78, 5) is 25.6. The Morgan fingerprint density at radius 3 is 1.93 bits per heavy atom. The minimum Gasteiger partial charge on any atom is -0.394 e. The van der Waals surface area contributed by atoms with E-state index in [9.17, 15) is 60.7 Å². The molecule has 0 aromatic carbocycles. The van der Waals surface area contributed by atoms with Crippen LogP contribution in [0.3, 0.4) is 0 Å². The fraction of sp³-hybridized carbons (Fsp3) is 0.909. The third-order valence-corrected chi connectivity index (χ3v) is 7.38. The van der Waals surface area contributed by atoms with Crippen LogP contribution >= 0.6 is 0 Å². The van der Waals surface area contributed by atoms with Crippen LogP contribution in [0.4, 0.5) is 0 Å². The molecule has 3 aliphatic heterocycles. The van der Waals surface area contributed by atoms with Gasteiger partial charge in [0, 0.05) is 15.2 Å². The molecule has 2 amide bonds. The molecule has 3 saturated heterocycles. The van der Waals surface area contributed by atoms with Gasteiger partial charge >= 0.3 is 0 Å². The van der Waals surface area contributed by atoms with Crippen LogP contribution in [-0.2, 0) is 28.5 Å². The lowest BCUT2D eigenvalue weighted by Crippen LogP contribution is -2.80. The van der Waals surface area contributed by atoms with Crippen molar-refractivity contribution in [3.8, 4) is 0 Å². The molecule has 0 radical (unpaired) electrons. The molecule has 15 atom stereocenters. The fourth-order valence-electron chi connectivity index (χ4n) is 5.28. The summed E-state index contributed by atoms with van der Waals surface area (Å²) in [5.41, 5.74) is 6.00. The van der Waals surface area contributed by atoms with Crippen molar-refractivity contribution in [3.05, 3.63) is 0 Å². The first kappa shape index (κ1) is 31.5. The second-order valence-corrected chi connectivity index (χ2v) is 9.94. The van der Waals surface area contributed by atoms with Crippen molar-refractivity contribution in [2.75, 3.05) is 19.8 Å². The number of rotatable bonds is 7. The van der Waals surface area contributed by atoms with E-state index in [4.69, 9.17) is 26.1 Å². The van der Waals surface area contributed by atoms with Crippen molar-refractivity contribution in [2.45, 2.75) is 105 Å². The van der Waals surface area contributed by atoms with E-state index in [0.717, 1.165) is 6.92 Å². The summed E-state index contributed by atoms with van der Waals surface area (Å²) in [6, 6.07) is -4.00. The number of amides is 2. The summed E-state index contributed by atoms with van der Waals surface area (Å²) >= 11 is 0. The predicted octanol–water partition coefficient (Wildman–Crippen LogP) is -7.82. The van der Waals surface area contributed by atoms with Gasteiger partial charge in [-0.1, -0.05) is 0 Å². The average molecular weight is 588 g/mol. The van der Waals surface area contributed by atoms with Gasteiger partial charge < -0.3 is 75.7 Å². The highest BCUT2D eigenvalue weighted by molar-refractivity contribution is 5.93. The van der Waals surface area contributed by atoms with Crippen LogP contribution in [0, 0.1) is 0 Å².